The monoisotopic (exact) mass is 255 g/mol. The predicted molar refractivity (Wildman–Crippen MR) is 74.4 cm³/mol. The van der Waals surface area contributed by atoms with Crippen LogP contribution in [0, 0.1) is 12.7 Å². The van der Waals surface area contributed by atoms with Gasteiger partial charge in [0.15, 0.2) is 0 Å². The molecule has 3 rings (SSSR count). The van der Waals surface area contributed by atoms with Gasteiger partial charge in [-0.2, -0.15) is 0 Å². The maximum atomic E-state index is 13.2. The van der Waals surface area contributed by atoms with Gasteiger partial charge in [0.2, 0.25) is 0 Å². The molecule has 2 N–H and O–H groups in total. The second-order valence-corrected chi connectivity index (χ2v) is 4.62. The highest BCUT2D eigenvalue weighted by Crippen LogP contribution is 2.19. The molecule has 0 aliphatic rings. The molecule has 0 fully saturated rings. The van der Waals surface area contributed by atoms with Crippen molar-refractivity contribution in [2.24, 2.45) is 0 Å². The molecule has 19 heavy (non-hydrogen) atoms. The Kier molecular flexibility index (Phi) is 2.71. The standard InChI is InChI=1S/C15H14FN3/c1-10-18-14-8-12(16)4-7-15(14)19(10)9-11-2-5-13(17)6-3-11/h2-8H,9,17H2,1H3. The van der Waals surface area contributed by atoms with Crippen molar-refractivity contribution in [3.63, 3.8) is 0 Å². The molecule has 3 aromatic rings. The summed E-state index contributed by atoms with van der Waals surface area (Å²) in [6.07, 6.45) is 0. The molecule has 0 atom stereocenters. The van der Waals surface area contributed by atoms with Crippen LogP contribution in [0.5, 0.6) is 0 Å². The fraction of sp³-hybridized carbons (Fsp3) is 0.133. The molecule has 0 bridgehead atoms. The van der Waals surface area contributed by atoms with Crippen LogP contribution in [0.3, 0.4) is 0 Å². The van der Waals surface area contributed by atoms with E-state index in [0.29, 0.717) is 12.1 Å². The van der Waals surface area contributed by atoms with Crippen molar-refractivity contribution in [3.8, 4) is 0 Å². The number of hydrogen-bond donors (Lipinski definition) is 1. The number of aromatic nitrogens is 2. The smallest absolute Gasteiger partial charge is 0.125 e. The van der Waals surface area contributed by atoms with Gasteiger partial charge in [-0.25, -0.2) is 9.37 Å². The van der Waals surface area contributed by atoms with Crippen molar-refractivity contribution in [2.45, 2.75) is 13.5 Å². The van der Waals surface area contributed by atoms with Crippen molar-refractivity contribution in [3.05, 3.63) is 59.7 Å². The van der Waals surface area contributed by atoms with Gasteiger partial charge in [0.1, 0.15) is 11.6 Å². The Labute approximate surface area is 110 Å². The highest BCUT2D eigenvalue weighted by atomic mass is 19.1. The zero-order valence-electron chi connectivity index (χ0n) is 10.6. The first kappa shape index (κ1) is 11.7. The van der Waals surface area contributed by atoms with Crippen molar-refractivity contribution in [1.82, 2.24) is 9.55 Å². The first-order valence-corrected chi connectivity index (χ1v) is 6.10. The number of fused-ring (bicyclic) bond motifs is 1. The Morgan fingerprint density at radius 3 is 2.63 bits per heavy atom. The van der Waals surface area contributed by atoms with E-state index in [4.69, 9.17) is 5.73 Å². The minimum absolute atomic E-state index is 0.260. The summed E-state index contributed by atoms with van der Waals surface area (Å²) in [7, 11) is 0. The van der Waals surface area contributed by atoms with E-state index in [1.54, 1.807) is 6.07 Å². The minimum atomic E-state index is -0.260. The molecule has 0 radical (unpaired) electrons. The van der Waals surface area contributed by atoms with Crippen LogP contribution in [0.4, 0.5) is 10.1 Å². The third kappa shape index (κ3) is 2.17. The molecule has 0 saturated carbocycles. The molecule has 0 unspecified atom stereocenters. The topological polar surface area (TPSA) is 43.8 Å². The van der Waals surface area contributed by atoms with E-state index in [1.165, 1.54) is 12.1 Å². The van der Waals surface area contributed by atoms with Crippen molar-refractivity contribution in [2.75, 3.05) is 5.73 Å². The number of hydrogen-bond acceptors (Lipinski definition) is 2. The van der Waals surface area contributed by atoms with Gasteiger partial charge in [-0.1, -0.05) is 12.1 Å². The summed E-state index contributed by atoms with van der Waals surface area (Å²) in [6.45, 7) is 2.63. The van der Waals surface area contributed by atoms with Crippen LogP contribution in [0.2, 0.25) is 0 Å². The van der Waals surface area contributed by atoms with Gasteiger partial charge in [-0.05, 0) is 36.8 Å². The van der Waals surface area contributed by atoms with Gasteiger partial charge in [0, 0.05) is 18.3 Å². The summed E-state index contributed by atoms with van der Waals surface area (Å²) in [5, 5.41) is 0. The summed E-state index contributed by atoms with van der Waals surface area (Å²) >= 11 is 0. The van der Waals surface area contributed by atoms with Crippen LogP contribution in [0.1, 0.15) is 11.4 Å². The van der Waals surface area contributed by atoms with Crippen LogP contribution in [-0.4, -0.2) is 9.55 Å². The molecule has 0 saturated heterocycles. The first-order chi connectivity index (χ1) is 9.13. The second kappa shape index (κ2) is 4.39. The summed E-state index contributed by atoms with van der Waals surface area (Å²) in [4.78, 5) is 4.39. The third-order valence-corrected chi connectivity index (χ3v) is 3.22. The lowest BCUT2D eigenvalue weighted by Crippen LogP contribution is -2.02. The van der Waals surface area contributed by atoms with E-state index >= 15 is 0 Å². The van der Waals surface area contributed by atoms with Gasteiger partial charge in [0.05, 0.1) is 11.0 Å². The maximum absolute atomic E-state index is 13.2. The van der Waals surface area contributed by atoms with Gasteiger partial charge in [-0.3, -0.25) is 0 Å². The molecule has 1 heterocycles. The third-order valence-electron chi connectivity index (χ3n) is 3.22. The summed E-state index contributed by atoms with van der Waals surface area (Å²) in [6, 6.07) is 12.4. The molecular weight excluding hydrogens is 241 g/mol. The Bertz CT molecular complexity index is 729. The van der Waals surface area contributed by atoms with Crippen LogP contribution < -0.4 is 5.73 Å². The fourth-order valence-corrected chi connectivity index (χ4v) is 2.23. The minimum Gasteiger partial charge on any atom is -0.399 e. The number of nitrogens with zero attached hydrogens (tertiary/aromatic N) is 2. The number of halogens is 1. The van der Waals surface area contributed by atoms with Crippen LogP contribution in [-0.2, 0) is 6.54 Å². The zero-order chi connectivity index (χ0) is 13.4. The second-order valence-electron chi connectivity index (χ2n) is 4.62. The lowest BCUT2D eigenvalue weighted by molar-refractivity contribution is 0.629. The number of nitrogens with two attached hydrogens (primary N) is 1. The van der Waals surface area contributed by atoms with E-state index in [0.717, 1.165) is 22.6 Å². The van der Waals surface area contributed by atoms with Crippen molar-refractivity contribution >= 4 is 16.7 Å². The molecule has 4 heteroatoms. The van der Waals surface area contributed by atoms with Gasteiger partial charge >= 0.3 is 0 Å². The number of anilines is 1. The maximum Gasteiger partial charge on any atom is 0.125 e. The number of rotatable bonds is 2. The molecular formula is C15H14FN3. The highest BCUT2D eigenvalue weighted by Gasteiger charge is 2.08. The van der Waals surface area contributed by atoms with Crippen molar-refractivity contribution in [1.29, 1.82) is 0 Å². The number of nitrogen functional groups attached to an aromatic ring is 1. The summed E-state index contributed by atoms with van der Waals surface area (Å²) in [5.74, 6) is 0.613. The first-order valence-electron chi connectivity index (χ1n) is 6.10. The number of aryl methyl sites for hydroxylation is 1. The average molecular weight is 255 g/mol. The highest BCUT2D eigenvalue weighted by molar-refractivity contribution is 5.76. The van der Waals surface area contributed by atoms with E-state index in [9.17, 15) is 4.39 Å². The molecule has 0 spiro atoms. The molecule has 0 amide bonds. The Morgan fingerprint density at radius 1 is 1.16 bits per heavy atom. The zero-order valence-corrected chi connectivity index (χ0v) is 10.6. The van der Waals surface area contributed by atoms with Crippen LogP contribution in [0.15, 0.2) is 42.5 Å². The van der Waals surface area contributed by atoms with E-state index < -0.39 is 0 Å². The summed E-state index contributed by atoms with van der Waals surface area (Å²) < 4.78 is 15.3. The van der Waals surface area contributed by atoms with Crippen LogP contribution >= 0.6 is 0 Å². The molecule has 2 aromatic carbocycles. The number of benzene rings is 2. The van der Waals surface area contributed by atoms with Crippen LogP contribution in [0.25, 0.3) is 11.0 Å². The average Bonchev–Trinajstić information content (AvgIpc) is 2.68. The Hall–Kier alpha value is -2.36. The molecule has 96 valence electrons. The van der Waals surface area contributed by atoms with Crippen molar-refractivity contribution < 1.29 is 4.39 Å². The van der Waals surface area contributed by atoms with Gasteiger partial charge < -0.3 is 10.3 Å². The molecule has 1 aromatic heterocycles. The summed E-state index contributed by atoms with van der Waals surface area (Å²) in [5.41, 5.74) is 9.19. The fourth-order valence-electron chi connectivity index (χ4n) is 2.23. The molecule has 3 nitrogen and oxygen atoms in total. The number of imidazole rings is 1. The quantitative estimate of drug-likeness (QED) is 0.715. The van der Waals surface area contributed by atoms with E-state index in [2.05, 4.69) is 9.55 Å². The predicted octanol–water partition coefficient (Wildman–Crippen LogP) is 3.11. The lowest BCUT2D eigenvalue weighted by Gasteiger charge is -2.07. The molecule has 0 aliphatic heterocycles. The van der Waals surface area contributed by atoms with Gasteiger partial charge in [0.25, 0.3) is 0 Å². The SMILES string of the molecule is Cc1nc2cc(F)ccc2n1Cc1ccc(N)cc1. The lowest BCUT2D eigenvalue weighted by atomic mass is 10.2. The van der Waals surface area contributed by atoms with E-state index in [-0.39, 0.29) is 5.82 Å². The normalized spacial score (nSPS) is 11.1. The largest absolute Gasteiger partial charge is 0.399 e. The van der Waals surface area contributed by atoms with Gasteiger partial charge in [-0.15, -0.1) is 0 Å². The van der Waals surface area contributed by atoms with E-state index in [1.807, 2.05) is 31.2 Å². The Balaban J connectivity index is 2.05. The molecule has 0 aliphatic carbocycles. The Morgan fingerprint density at radius 2 is 1.89 bits per heavy atom.